The van der Waals surface area contributed by atoms with Gasteiger partial charge in [-0.15, -0.1) is 35.3 Å². The molecule has 2 atom stereocenters. The largest absolute Gasteiger partial charge is 0.126 e. The van der Waals surface area contributed by atoms with Crippen LogP contribution in [0.3, 0.4) is 0 Å². The second-order valence-electron chi connectivity index (χ2n) is 6.00. The van der Waals surface area contributed by atoms with E-state index in [1.807, 2.05) is 35.3 Å². The molecule has 0 aromatic heterocycles. The minimum absolute atomic E-state index is 0.471. The second kappa shape index (κ2) is 8.39. The number of fused-ring (bicyclic) bond motifs is 1. The first-order valence-electron chi connectivity index (χ1n) is 8.55. The molecule has 4 rings (SSSR count). The minimum Gasteiger partial charge on any atom is -0.126 e. The third kappa shape index (κ3) is 4.28. The second-order valence-corrected chi connectivity index (χ2v) is 9.66. The third-order valence-corrected chi connectivity index (χ3v) is 8.29. The van der Waals surface area contributed by atoms with Crippen molar-refractivity contribution in [2.75, 3.05) is 5.75 Å². The van der Waals surface area contributed by atoms with Crippen LogP contribution < -0.4 is 0 Å². The Morgan fingerprint density at radius 3 is 2.00 bits per heavy atom. The monoisotopic (exact) mass is 380 g/mol. The predicted octanol–water partition coefficient (Wildman–Crippen LogP) is 7.18. The van der Waals surface area contributed by atoms with Crippen molar-refractivity contribution in [2.45, 2.75) is 31.6 Å². The molecule has 3 aromatic carbocycles. The molecule has 1 heterocycles. The number of rotatable bonds is 4. The van der Waals surface area contributed by atoms with Crippen LogP contribution in [0.15, 0.2) is 99.6 Å². The molecule has 1 aliphatic heterocycles. The molecule has 0 amide bonds. The van der Waals surface area contributed by atoms with Gasteiger partial charge in [0.05, 0.1) is 0 Å². The number of hydrogen-bond acceptors (Lipinski definition) is 3. The van der Waals surface area contributed by atoms with Gasteiger partial charge in [0.15, 0.2) is 0 Å². The van der Waals surface area contributed by atoms with Gasteiger partial charge in [-0.2, -0.15) is 0 Å². The van der Waals surface area contributed by atoms with E-state index < -0.39 is 0 Å². The Morgan fingerprint density at radius 2 is 1.28 bits per heavy atom. The fourth-order valence-electron chi connectivity index (χ4n) is 3.06. The summed E-state index contributed by atoms with van der Waals surface area (Å²) in [5.41, 5.74) is 1.49. The van der Waals surface area contributed by atoms with Gasteiger partial charge in [-0.05, 0) is 48.1 Å². The Kier molecular flexibility index (Phi) is 5.75. The van der Waals surface area contributed by atoms with Crippen LogP contribution in [0.25, 0.3) is 0 Å². The Hall–Kier alpha value is -1.29. The van der Waals surface area contributed by atoms with Crippen LogP contribution in [0, 0.1) is 0 Å². The van der Waals surface area contributed by atoms with E-state index in [0.717, 1.165) is 0 Å². The summed E-state index contributed by atoms with van der Waals surface area (Å²) < 4.78 is 0. The minimum atomic E-state index is 0.471. The smallest absolute Gasteiger partial charge is 0.0478 e. The van der Waals surface area contributed by atoms with E-state index in [9.17, 15) is 0 Å². The van der Waals surface area contributed by atoms with Crippen molar-refractivity contribution in [1.82, 2.24) is 0 Å². The summed E-state index contributed by atoms with van der Waals surface area (Å²) >= 11 is 6.06. The third-order valence-electron chi connectivity index (χ3n) is 4.26. The zero-order valence-electron chi connectivity index (χ0n) is 13.9. The van der Waals surface area contributed by atoms with Crippen molar-refractivity contribution < 1.29 is 0 Å². The quantitative estimate of drug-likeness (QED) is 0.470. The maximum atomic E-state index is 2.33. The van der Waals surface area contributed by atoms with Crippen LogP contribution in [0.5, 0.6) is 0 Å². The molecule has 0 spiro atoms. The highest BCUT2D eigenvalue weighted by Gasteiger charge is 2.29. The van der Waals surface area contributed by atoms with Crippen LogP contribution in [0.2, 0.25) is 0 Å². The first-order chi connectivity index (χ1) is 12.4. The molecular formula is C22H20S3. The van der Waals surface area contributed by atoms with Crippen molar-refractivity contribution in [3.05, 3.63) is 90.5 Å². The van der Waals surface area contributed by atoms with Crippen LogP contribution in [-0.4, -0.2) is 11.0 Å². The SMILES string of the molecule is c1ccc(S[C@@H]2c3ccccc3SCC[C@H]2Sc2ccccc2)cc1. The molecule has 0 bridgehead atoms. The van der Waals surface area contributed by atoms with Gasteiger partial charge in [0.25, 0.3) is 0 Å². The summed E-state index contributed by atoms with van der Waals surface area (Å²) in [6.45, 7) is 0. The average Bonchev–Trinajstić information content (AvgIpc) is 2.83. The van der Waals surface area contributed by atoms with Gasteiger partial charge in [0.1, 0.15) is 0 Å². The Labute approximate surface area is 162 Å². The van der Waals surface area contributed by atoms with Crippen LogP contribution in [0.4, 0.5) is 0 Å². The Balaban J connectivity index is 1.68. The molecule has 0 saturated heterocycles. The molecule has 1 aliphatic rings. The number of benzene rings is 3. The average molecular weight is 381 g/mol. The van der Waals surface area contributed by atoms with E-state index in [-0.39, 0.29) is 0 Å². The normalized spacial score (nSPS) is 19.8. The lowest BCUT2D eigenvalue weighted by Gasteiger charge is -2.25. The molecule has 0 N–H and O–H groups in total. The summed E-state index contributed by atoms with van der Waals surface area (Å²) in [5.74, 6) is 1.19. The van der Waals surface area contributed by atoms with Gasteiger partial charge >= 0.3 is 0 Å². The van der Waals surface area contributed by atoms with E-state index in [1.165, 1.54) is 32.4 Å². The molecule has 3 heteroatoms. The summed E-state index contributed by atoms with van der Waals surface area (Å²) in [4.78, 5) is 4.18. The molecule has 0 nitrogen and oxygen atoms in total. The molecular weight excluding hydrogens is 360 g/mol. The lowest BCUT2D eigenvalue weighted by atomic mass is 10.1. The molecule has 126 valence electrons. The summed E-state index contributed by atoms with van der Waals surface area (Å²) in [5, 5.41) is 1.04. The summed E-state index contributed by atoms with van der Waals surface area (Å²) in [7, 11) is 0. The van der Waals surface area contributed by atoms with Gasteiger partial charge in [0, 0.05) is 25.2 Å². The topological polar surface area (TPSA) is 0 Å². The highest BCUT2D eigenvalue weighted by Crippen LogP contribution is 2.50. The van der Waals surface area contributed by atoms with Gasteiger partial charge in [-0.3, -0.25) is 0 Å². The van der Waals surface area contributed by atoms with Gasteiger partial charge < -0.3 is 0 Å². The van der Waals surface area contributed by atoms with E-state index in [4.69, 9.17) is 0 Å². The number of thioether (sulfide) groups is 3. The Bertz CT molecular complexity index is 802. The molecule has 25 heavy (non-hydrogen) atoms. The molecule has 0 unspecified atom stereocenters. The molecule has 0 saturated carbocycles. The van der Waals surface area contributed by atoms with E-state index >= 15 is 0 Å². The predicted molar refractivity (Wildman–Crippen MR) is 113 cm³/mol. The Morgan fingerprint density at radius 1 is 0.680 bits per heavy atom. The molecule has 0 fully saturated rings. The van der Waals surface area contributed by atoms with Crippen molar-refractivity contribution in [1.29, 1.82) is 0 Å². The van der Waals surface area contributed by atoms with Crippen molar-refractivity contribution in [3.63, 3.8) is 0 Å². The van der Waals surface area contributed by atoms with Crippen LogP contribution in [0.1, 0.15) is 17.2 Å². The van der Waals surface area contributed by atoms with E-state index in [1.54, 1.807) is 0 Å². The molecule has 0 aliphatic carbocycles. The molecule has 0 radical (unpaired) electrons. The van der Waals surface area contributed by atoms with Crippen LogP contribution >= 0.6 is 35.3 Å². The van der Waals surface area contributed by atoms with Gasteiger partial charge in [-0.1, -0.05) is 54.6 Å². The fourth-order valence-corrected chi connectivity index (χ4v) is 7.15. The highest BCUT2D eigenvalue weighted by atomic mass is 32.2. The van der Waals surface area contributed by atoms with Gasteiger partial charge in [-0.25, -0.2) is 0 Å². The standard InChI is InChI=1S/C22H20S3/c1-3-9-17(10-4-1)24-21-15-16-23-20-14-8-7-13-19(20)22(21)25-18-11-5-2-6-12-18/h1-14,21-22H,15-16H2/t21-,22-/m1/s1. The van der Waals surface area contributed by atoms with Crippen molar-refractivity contribution in [3.8, 4) is 0 Å². The summed E-state index contributed by atoms with van der Waals surface area (Å²) in [6.07, 6.45) is 1.23. The maximum Gasteiger partial charge on any atom is 0.0478 e. The zero-order chi connectivity index (χ0) is 16.9. The van der Waals surface area contributed by atoms with Crippen molar-refractivity contribution in [2.24, 2.45) is 0 Å². The first-order valence-corrected chi connectivity index (χ1v) is 11.3. The lowest BCUT2D eigenvalue weighted by Crippen LogP contribution is -2.12. The van der Waals surface area contributed by atoms with Crippen molar-refractivity contribution >= 4 is 35.3 Å². The first kappa shape index (κ1) is 17.1. The van der Waals surface area contributed by atoms with E-state index in [2.05, 4.69) is 84.9 Å². The number of hydrogen-bond donors (Lipinski definition) is 0. The van der Waals surface area contributed by atoms with E-state index in [0.29, 0.717) is 10.5 Å². The van der Waals surface area contributed by atoms with Crippen LogP contribution in [-0.2, 0) is 0 Å². The fraction of sp³-hybridized carbons (Fsp3) is 0.182. The van der Waals surface area contributed by atoms with Gasteiger partial charge in [0.2, 0.25) is 0 Å². The highest BCUT2D eigenvalue weighted by molar-refractivity contribution is 8.04. The zero-order valence-corrected chi connectivity index (χ0v) is 16.3. The molecule has 3 aromatic rings. The maximum absolute atomic E-state index is 2.33. The lowest BCUT2D eigenvalue weighted by molar-refractivity contribution is 0.806. The summed E-state index contributed by atoms with van der Waals surface area (Å²) in [6, 6.07) is 30.6.